The topological polar surface area (TPSA) is 99.7 Å². The fourth-order valence-corrected chi connectivity index (χ4v) is 5.48. The molecule has 1 fully saturated rings. The van der Waals surface area contributed by atoms with Crippen molar-refractivity contribution in [2.45, 2.75) is 18.7 Å². The van der Waals surface area contributed by atoms with E-state index in [1.807, 2.05) is 31.2 Å². The number of thiazole rings is 1. The number of ketones is 1. The van der Waals surface area contributed by atoms with Crippen LogP contribution in [0, 0.1) is 6.92 Å². The number of anilines is 2. The number of hydrogen-bond donors (Lipinski definition) is 1. The summed E-state index contributed by atoms with van der Waals surface area (Å²) < 4.78 is 27.6. The maximum Gasteiger partial charge on any atom is 0.273 e. The molecule has 1 aromatic heterocycles. The Hall–Kier alpha value is -3.24. The number of Topliss-reactive ketones (excluding diaryl/α,β-unsaturated/α-hetero) is 1. The first-order valence-electron chi connectivity index (χ1n) is 10.4. The number of sulfonamides is 1. The molecule has 3 aromatic rings. The number of carbonyl (C=O) groups excluding carboxylic acids is 2. The van der Waals surface area contributed by atoms with E-state index in [0.717, 1.165) is 22.6 Å². The highest BCUT2D eigenvalue weighted by Gasteiger charge is 2.25. The molecule has 0 bridgehead atoms. The van der Waals surface area contributed by atoms with E-state index >= 15 is 0 Å². The number of benzene rings is 2. The normalized spacial score (nSPS) is 14.2. The number of amides is 1. The lowest BCUT2D eigenvalue weighted by molar-refractivity contribution is 0.0741. The van der Waals surface area contributed by atoms with Crippen molar-refractivity contribution in [3.8, 4) is 0 Å². The zero-order valence-corrected chi connectivity index (χ0v) is 19.9. The van der Waals surface area contributed by atoms with E-state index in [0.29, 0.717) is 31.7 Å². The Morgan fingerprint density at radius 2 is 1.61 bits per heavy atom. The number of hydrogen-bond acceptors (Lipinski definition) is 7. The van der Waals surface area contributed by atoms with Crippen molar-refractivity contribution in [3.63, 3.8) is 0 Å². The summed E-state index contributed by atoms with van der Waals surface area (Å²) in [5.41, 5.74) is 2.86. The van der Waals surface area contributed by atoms with Crippen molar-refractivity contribution in [1.82, 2.24) is 9.88 Å². The maximum atomic E-state index is 12.9. The largest absolute Gasteiger partial charge is 0.368 e. The van der Waals surface area contributed by atoms with E-state index in [2.05, 4.69) is 14.6 Å². The van der Waals surface area contributed by atoms with Crippen LogP contribution in [0.25, 0.3) is 0 Å². The van der Waals surface area contributed by atoms with Gasteiger partial charge in [0.1, 0.15) is 5.69 Å². The van der Waals surface area contributed by atoms with Crippen LogP contribution in [0.5, 0.6) is 0 Å². The first kappa shape index (κ1) is 22.9. The summed E-state index contributed by atoms with van der Waals surface area (Å²) in [6.45, 7) is 5.78. The summed E-state index contributed by atoms with van der Waals surface area (Å²) in [4.78, 5) is 32.6. The molecular weight excluding hydrogens is 460 g/mol. The summed E-state index contributed by atoms with van der Waals surface area (Å²) in [5, 5.41) is 1.73. The Bertz CT molecular complexity index is 1260. The molecule has 1 saturated heterocycles. The minimum atomic E-state index is -3.77. The van der Waals surface area contributed by atoms with Gasteiger partial charge in [-0.05, 0) is 50.2 Å². The second-order valence-corrected chi connectivity index (χ2v) is 10.4. The minimum absolute atomic E-state index is 0.0285. The van der Waals surface area contributed by atoms with Gasteiger partial charge < -0.3 is 9.80 Å². The fourth-order valence-electron chi connectivity index (χ4n) is 3.55. The van der Waals surface area contributed by atoms with Crippen molar-refractivity contribution in [1.29, 1.82) is 0 Å². The molecule has 172 valence electrons. The molecule has 33 heavy (non-hydrogen) atoms. The molecule has 1 amide bonds. The van der Waals surface area contributed by atoms with Crippen LogP contribution >= 0.6 is 11.3 Å². The standard InChI is InChI=1S/C23H24N4O4S2/c1-16-3-9-20(10-4-16)33(30,31)25-23-24-21(15-32-23)22(29)27-13-11-26(12-14-27)19-7-5-18(6-8-19)17(2)28/h3-10,15H,11-14H2,1-2H3,(H,24,25). The smallest absolute Gasteiger partial charge is 0.273 e. The first-order valence-corrected chi connectivity index (χ1v) is 12.8. The fraction of sp³-hybridized carbons (Fsp3) is 0.261. The van der Waals surface area contributed by atoms with Gasteiger partial charge in [-0.1, -0.05) is 17.7 Å². The van der Waals surface area contributed by atoms with Gasteiger partial charge in [0.2, 0.25) is 0 Å². The second kappa shape index (κ2) is 9.32. The molecular formula is C23H24N4O4S2. The van der Waals surface area contributed by atoms with Crippen LogP contribution in [-0.4, -0.2) is 56.2 Å². The predicted octanol–water partition coefficient (Wildman–Crippen LogP) is 3.42. The third kappa shape index (κ3) is 5.23. The zero-order valence-electron chi connectivity index (χ0n) is 18.3. The van der Waals surface area contributed by atoms with E-state index in [-0.39, 0.29) is 27.4 Å². The van der Waals surface area contributed by atoms with Crippen molar-refractivity contribution in [2.24, 2.45) is 0 Å². The summed E-state index contributed by atoms with van der Waals surface area (Å²) in [6, 6.07) is 14.0. The zero-order chi connectivity index (χ0) is 23.6. The van der Waals surface area contributed by atoms with E-state index in [1.54, 1.807) is 22.4 Å². The first-order chi connectivity index (χ1) is 15.7. The molecule has 0 unspecified atom stereocenters. The molecule has 0 aliphatic carbocycles. The van der Waals surface area contributed by atoms with Gasteiger partial charge in [0.25, 0.3) is 15.9 Å². The number of rotatable bonds is 6. The minimum Gasteiger partial charge on any atom is -0.368 e. The average molecular weight is 485 g/mol. The van der Waals surface area contributed by atoms with Crippen LogP contribution in [-0.2, 0) is 10.0 Å². The van der Waals surface area contributed by atoms with Gasteiger partial charge in [0, 0.05) is 42.8 Å². The highest BCUT2D eigenvalue weighted by atomic mass is 32.2. The molecule has 0 radical (unpaired) electrons. The van der Waals surface area contributed by atoms with Crippen molar-refractivity contribution in [3.05, 3.63) is 70.7 Å². The Labute approximate surface area is 196 Å². The lowest BCUT2D eigenvalue weighted by Crippen LogP contribution is -2.48. The number of carbonyl (C=O) groups is 2. The summed E-state index contributed by atoms with van der Waals surface area (Å²) in [7, 11) is -3.77. The van der Waals surface area contributed by atoms with Gasteiger partial charge in [-0.3, -0.25) is 14.3 Å². The maximum absolute atomic E-state index is 12.9. The van der Waals surface area contributed by atoms with Crippen LogP contribution in [0.1, 0.15) is 33.3 Å². The van der Waals surface area contributed by atoms with E-state index in [1.165, 1.54) is 19.1 Å². The van der Waals surface area contributed by atoms with Crippen molar-refractivity contribution < 1.29 is 18.0 Å². The molecule has 0 atom stereocenters. The molecule has 1 aliphatic heterocycles. The number of nitrogens with one attached hydrogen (secondary N) is 1. The molecule has 4 rings (SSSR count). The molecule has 10 heteroatoms. The highest BCUT2D eigenvalue weighted by Crippen LogP contribution is 2.23. The Morgan fingerprint density at radius 3 is 2.21 bits per heavy atom. The van der Waals surface area contributed by atoms with Gasteiger partial charge in [0.05, 0.1) is 4.90 Å². The van der Waals surface area contributed by atoms with Gasteiger partial charge >= 0.3 is 0 Å². The average Bonchev–Trinajstić information content (AvgIpc) is 3.27. The lowest BCUT2D eigenvalue weighted by atomic mass is 10.1. The van der Waals surface area contributed by atoms with Gasteiger partial charge in [-0.25, -0.2) is 13.4 Å². The molecule has 2 heterocycles. The van der Waals surface area contributed by atoms with Crippen molar-refractivity contribution >= 4 is 43.9 Å². The molecule has 8 nitrogen and oxygen atoms in total. The molecule has 1 N–H and O–H groups in total. The number of nitrogens with zero attached hydrogens (tertiary/aromatic N) is 3. The second-order valence-electron chi connectivity index (χ2n) is 7.84. The quantitative estimate of drug-likeness (QED) is 0.538. The SMILES string of the molecule is CC(=O)c1ccc(N2CCN(C(=O)c3csc(NS(=O)(=O)c4ccc(C)cc4)n3)CC2)cc1. The molecule has 2 aromatic carbocycles. The van der Waals surface area contributed by atoms with Crippen molar-refractivity contribution in [2.75, 3.05) is 35.8 Å². The van der Waals surface area contributed by atoms with Gasteiger partial charge in [-0.15, -0.1) is 11.3 Å². The Balaban J connectivity index is 1.37. The monoisotopic (exact) mass is 484 g/mol. The third-order valence-electron chi connectivity index (χ3n) is 5.48. The summed E-state index contributed by atoms with van der Waals surface area (Å²) >= 11 is 1.08. The van der Waals surface area contributed by atoms with E-state index in [4.69, 9.17) is 0 Å². The summed E-state index contributed by atoms with van der Waals surface area (Å²) in [5.74, 6) is -0.195. The van der Waals surface area contributed by atoms with Crippen LogP contribution in [0.15, 0.2) is 58.8 Å². The van der Waals surface area contributed by atoms with Gasteiger partial charge in [-0.2, -0.15) is 0 Å². The van der Waals surface area contributed by atoms with Crippen LogP contribution in [0.3, 0.4) is 0 Å². The summed E-state index contributed by atoms with van der Waals surface area (Å²) in [6.07, 6.45) is 0. The molecule has 1 aliphatic rings. The van der Waals surface area contributed by atoms with E-state index < -0.39 is 10.0 Å². The number of aryl methyl sites for hydroxylation is 1. The van der Waals surface area contributed by atoms with Crippen LogP contribution in [0.2, 0.25) is 0 Å². The molecule has 0 spiro atoms. The Kier molecular flexibility index (Phi) is 6.48. The lowest BCUT2D eigenvalue weighted by Gasteiger charge is -2.35. The number of piperazine rings is 1. The predicted molar refractivity (Wildman–Crippen MR) is 129 cm³/mol. The highest BCUT2D eigenvalue weighted by molar-refractivity contribution is 7.93. The van der Waals surface area contributed by atoms with Crippen LogP contribution in [0.4, 0.5) is 10.8 Å². The van der Waals surface area contributed by atoms with Crippen LogP contribution < -0.4 is 9.62 Å². The van der Waals surface area contributed by atoms with E-state index in [9.17, 15) is 18.0 Å². The van der Waals surface area contributed by atoms with Gasteiger partial charge in [0.15, 0.2) is 10.9 Å². The number of aromatic nitrogens is 1. The molecule has 0 saturated carbocycles. The Morgan fingerprint density at radius 1 is 0.970 bits per heavy atom. The third-order valence-corrected chi connectivity index (χ3v) is 7.72.